The molecule has 1 aromatic rings. The van der Waals surface area contributed by atoms with Crippen molar-refractivity contribution in [1.29, 1.82) is 0 Å². The predicted molar refractivity (Wildman–Crippen MR) is 66.1 cm³/mol. The van der Waals surface area contributed by atoms with Gasteiger partial charge >= 0.3 is 0 Å². The number of allylic oxidation sites excluding steroid dienone is 2. The highest BCUT2D eigenvalue weighted by atomic mass is 16.5. The van der Waals surface area contributed by atoms with Crippen molar-refractivity contribution in [3.63, 3.8) is 0 Å². The number of hydrogen-bond donors (Lipinski definition) is 0. The first-order chi connectivity index (χ1) is 7.09. The topological polar surface area (TPSA) is 9.23 Å². The van der Waals surface area contributed by atoms with Crippen LogP contribution in [0.15, 0.2) is 42.5 Å². The number of ether oxygens (including phenoxy) is 1. The quantitative estimate of drug-likeness (QED) is 0.669. The van der Waals surface area contributed by atoms with Crippen LogP contribution in [0.5, 0.6) is 5.75 Å². The predicted octanol–water partition coefficient (Wildman–Crippen LogP) is 4.06. The Morgan fingerprint density at radius 1 is 1.33 bits per heavy atom. The van der Waals surface area contributed by atoms with Crippen LogP contribution in [0.3, 0.4) is 0 Å². The summed E-state index contributed by atoms with van der Waals surface area (Å²) in [7, 11) is 0. The van der Waals surface area contributed by atoms with Crippen LogP contribution in [0.2, 0.25) is 0 Å². The molecule has 15 heavy (non-hydrogen) atoms. The minimum absolute atomic E-state index is 0.198. The fraction of sp³-hybridized carbons (Fsp3) is 0.286. The average molecular weight is 202 g/mol. The molecule has 0 atom stereocenters. The van der Waals surface area contributed by atoms with E-state index < -0.39 is 0 Å². The van der Waals surface area contributed by atoms with Crippen molar-refractivity contribution in [2.45, 2.75) is 26.9 Å². The second kappa shape index (κ2) is 5.40. The molecule has 0 heterocycles. The number of benzene rings is 1. The van der Waals surface area contributed by atoms with Crippen LogP contribution < -0.4 is 4.74 Å². The van der Waals surface area contributed by atoms with Gasteiger partial charge in [0, 0.05) is 5.56 Å². The lowest BCUT2D eigenvalue weighted by molar-refractivity contribution is 0.242. The molecule has 0 aliphatic carbocycles. The lowest BCUT2D eigenvalue weighted by atomic mass is 10.1. The van der Waals surface area contributed by atoms with Crippen LogP contribution in [-0.4, -0.2) is 6.10 Å². The lowest BCUT2D eigenvalue weighted by Gasteiger charge is -2.11. The van der Waals surface area contributed by atoms with Gasteiger partial charge in [0.2, 0.25) is 0 Å². The van der Waals surface area contributed by atoms with Gasteiger partial charge in [-0.3, -0.25) is 0 Å². The lowest BCUT2D eigenvalue weighted by Crippen LogP contribution is -2.06. The molecule has 0 amide bonds. The van der Waals surface area contributed by atoms with E-state index in [9.17, 15) is 0 Å². The van der Waals surface area contributed by atoms with E-state index in [1.54, 1.807) is 0 Å². The molecular weight excluding hydrogens is 184 g/mol. The fourth-order valence-corrected chi connectivity index (χ4v) is 1.21. The molecule has 1 heteroatoms. The summed E-state index contributed by atoms with van der Waals surface area (Å²) >= 11 is 0. The van der Waals surface area contributed by atoms with E-state index in [4.69, 9.17) is 4.74 Å². The Balaban J connectivity index is 2.91. The average Bonchev–Trinajstić information content (AvgIpc) is 2.15. The zero-order valence-corrected chi connectivity index (χ0v) is 9.66. The first-order valence-electron chi connectivity index (χ1n) is 5.19. The van der Waals surface area contributed by atoms with E-state index >= 15 is 0 Å². The van der Waals surface area contributed by atoms with Crippen LogP contribution >= 0.6 is 0 Å². The maximum atomic E-state index is 5.70. The summed E-state index contributed by atoms with van der Waals surface area (Å²) in [5.41, 5.74) is 2.13. The summed E-state index contributed by atoms with van der Waals surface area (Å²) in [5, 5.41) is 0. The fourth-order valence-electron chi connectivity index (χ4n) is 1.21. The Hall–Kier alpha value is -1.50. The summed E-state index contributed by atoms with van der Waals surface area (Å²) in [6, 6.07) is 8.01. The molecule has 0 aliphatic heterocycles. The van der Waals surface area contributed by atoms with E-state index in [2.05, 4.69) is 6.58 Å². The molecule has 0 radical (unpaired) electrons. The van der Waals surface area contributed by atoms with Crippen LogP contribution in [0.1, 0.15) is 26.3 Å². The molecule has 0 saturated carbocycles. The number of rotatable bonds is 4. The van der Waals surface area contributed by atoms with Gasteiger partial charge in [-0.15, -0.1) is 0 Å². The highest BCUT2D eigenvalue weighted by molar-refractivity contribution is 5.59. The van der Waals surface area contributed by atoms with E-state index in [0.717, 1.165) is 16.9 Å². The van der Waals surface area contributed by atoms with Crippen LogP contribution in [-0.2, 0) is 0 Å². The van der Waals surface area contributed by atoms with Gasteiger partial charge in [-0.2, -0.15) is 0 Å². The van der Waals surface area contributed by atoms with Gasteiger partial charge in [-0.25, -0.2) is 0 Å². The zero-order chi connectivity index (χ0) is 11.3. The largest absolute Gasteiger partial charge is 0.490 e. The second-order valence-electron chi connectivity index (χ2n) is 3.88. The van der Waals surface area contributed by atoms with E-state index in [1.165, 1.54) is 0 Å². The van der Waals surface area contributed by atoms with Crippen molar-refractivity contribution in [2.24, 2.45) is 0 Å². The van der Waals surface area contributed by atoms with Crippen LogP contribution in [0, 0.1) is 0 Å². The maximum absolute atomic E-state index is 5.70. The van der Waals surface area contributed by atoms with Crippen LogP contribution in [0.25, 0.3) is 6.08 Å². The molecule has 1 aromatic carbocycles. The van der Waals surface area contributed by atoms with E-state index in [-0.39, 0.29) is 6.10 Å². The Bertz CT molecular complexity index is 361. The van der Waals surface area contributed by atoms with Gasteiger partial charge in [-0.1, -0.05) is 42.5 Å². The molecular formula is C14H18O. The van der Waals surface area contributed by atoms with Gasteiger partial charge in [0.15, 0.2) is 0 Å². The summed E-state index contributed by atoms with van der Waals surface area (Å²) in [6.07, 6.45) is 4.21. The Morgan fingerprint density at radius 2 is 2.00 bits per heavy atom. The summed E-state index contributed by atoms with van der Waals surface area (Å²) in [4.78, 5) is 0. The third-order valence-corrected chi connectivity index (χ3v) is 1.83. The Labute approximate surface area is 92.1 Å². The molecule has 0 saturated heterocycles. The third kappa shape index (κ3) is 4.03. The molecule has 0 unspecified atom stereocenters. The first kappa shape index (κ1) is 11.6. The molecule has 0 fully saturated rings. The molecule has 1 nitrogen and oxygen atoms in total. The molecule has 0 bridgehead atoms. The molecule has 80 valence electrons. The van der Waals surface area contributed by atoms with Crippen molar-refractivity contribution >= 4 is 6.08 Å². The Kier molecular flexibility index (Phi) is 4.17. The summed E-state index contributed by atoms with van der Waals surface area (Å²) < 4.78 is 5.70. The van der Waals surface area contributed by atoms with Crippen molar-refractivity contribution < 1.29 is 4.74 Å². The number of para-hydroxylation sites is 1. The van der Waals surface area contributed by atoms with Gasteiger partial charge < -0.3 is 4.74 Å². The minimum atomic E-state index is 0.198. The SMILES string of the molecule is C=C(C)/C=C/c1ccccc1OC(C)C. The molecule has 0 spiro atoms. The van der Waals surface area contributed by atoms with Gasteiger partial charge in [0.1, 0.15) is 5.75 Å². The molecule has 0 aliphatic rings. The van der Waals surface area contributed by atoms with Crippen molar-refractivity contribution in [3.05, 3.63) is 48.1 Å². The molecule has 1 rings (SSSR count). The third-order valence-electron chi connectivity index (χ3n) is 1.83. The highest BCUT2D eigenvalue weighted by Crippen LogP contribution is 2.21. The van der Waals surface area contributed by atoms with Gasteiger partial charge in [0.25, 0.3) is 0 Å². The monoisotopic (exact) mass is 202 g/mol. The van der Waals surface area contributed by atoms with Gasteiger partial charge in [0.05, 0.1) is 6.10 Å². The molecule has 0 N–H and O–H groups in total. The molecule has 0 aromatic heterocycles. The smallest absolute Gasteiger partial charge is 0.126 e. The maximum Gasteiger partial charge on any atom is 0.126 e. The van der Waals surface area contributed by atoms with Crippen LogP contribution in [0.4, 0.5) is 0 Å². The zero-order valence-electron chi connectivity index (χ0n) is 9.66. The van der Waals surface area contributed by atoms with Crippen molar-refractivity contribution in [2.75, 3.05) is 0 Å². The van der Waals surface area contributed by atoms with Crippen molar-refractivity contribution in [3.8, 4) is 5.75 Å². The summed E-state index contributed by atoms with van der Waals surface area (Å²) in [5.74, 6) is 0.921. The van der Waals surface area contributed by atoms with Crippen molar-refractivity contribution in [1.82, 2.24) is 0 Å². The summed E-state index contributed by atoms with van der Waals surface area (Å²) in [6.45, 7) is 9.86. The van der Waals surface area contributed by atoms with E-state index in [0.29, 0.717) is 0 Å². The van der Waals surface area contributed by atoms with E-state index in [1.807, 2.05) is 57.2 Å². The number of hydrogen-bond acceptors (Lipinski definition) is 1. The minimum Gasteiger partial charge on any atom is -0.490 e. The standard InChI is InChI=1S/C14H18O/c1-11(2)9-10-13-7-5-6-8-14(13)15-12(3)4/h5-10,12H,1H2,2-4H3/b10-9+. The van der Waals surface area contributed by atoms with Gasteiger partial charge in [-0.05, 0) is 26.8 Å². The second-order valence-corrected chi connectivity index (χ2v) is 3.88. The first-order valence-corrected chi connectivity index (χ1v) is 5.19. The normalized spacial score (nSPS) is 10.9. The highest BCUT2D eigenvalue weighted by Gasteiger charge is 2.01. The Morgan fingerprint density at radius 3 is 2.60 bits per heavy atom.